The summed E-state index contributed by atoms with van der Waals surface area (Å²) < 4.78 is 9.84. The summed E-state index contributed by atoms with van der Waals surface area (Å²) in [5, 5.41) is 0. The van der Waals surface area contributed by atoms with Crippen molar-refractivity contribution >= 4 is 17.6 Å². The van der Waals surface area contributed by atoms with E-state index >= 15 is 0 Å². The minimum atomic E-state index is -0.533. The van der Waals surface area contributed by atoms with Crippen LogP contribution < -0.4 is 9.64 Å². The standard InChI is InChI=1S/C13H15NO4/c1-17-10-5-3-4-9(8-10)14-11(13(16)18-2)6-7-12(14)15/h3-5,8,11H,6-7H2,1-2H3. The van der Waals surface area contributed by atoms with Gasteiger partial charge in [-0.3, -0.25) is 9.69 Å². The molecule has 0 aromatic heterocycles. The fourth-order valence-electron chi connectivity index (χ4n) is 2.13. The van der Waals surface area contributed by atoms with Crippen LogP contribution in [0.3, 0.4) is 0 Å². The number of nitrogens with zero attached hydrogens (tertiary/aromatic N) is 1. The van der Waals surface area contributed by atoms with Gasteiger partial charge in [0.1, 0.15) is 11.8 Å². The maximum absolute atomic E-state index is 11.9. The molecule has 0 aliphatic carbocycles. The molecular weight excluding hydrogens is 234 g/mol. The van der Waals surface area contributed by atoms with Crippen LogP contribution in [0.25, 0.3) is 0 Å². The van der Waals surface area contributed by atoms with E-state index in [-0.39, 0.29) is 11.9 Å². The van der Waals surface area contributed by atoms with Crippen molar-refractivity contribution < 1.29 is 19.1 Å². The van der Waals surface area contributed by atoms with Gasteiger partial charge >= 0.3 is 5.97 Å². The first-order chi connectivity index (χ1) is 8.67. The van der Waals surface area contributed by atoms with E-state index in [1.54, 1.807) is 31.4 Å². The summed E-state index contributed by atoms with van der Waals surface area (Å²) in [4.78, 5) is 25.0. The molecule has 96 valence electrons. The largest absolute Gasteiger partial charge is 0.497 e. The summed E-state index contributed by atoms with van der Waals surface area (Å²) in [5.74, 6) is 0.193. The quantitative estimate of drug-likeness (QED) is 0.759. The van der Waals surface area contributed by atoms with E-state index in [4.69, 9.17) is 9.47 Å². The number of amides is 1. The molecule has 1 atom stereocenters. The highest BCUT2D eigenvalue weighted by Gasteiger charge is 2.37. The van der Waals surface area contributed by atoms with Crippen molar-refractivity contribution in [1.82, 2.24) is 0 Å². The summed E-state index contributed by atoms with van der Waals surface area (Å²) in [5.41, 5.74) is 0.659. The van der Waals surface area contributed by atoms with Gasteiger partial charge in [-0.15, -0.1) is 0 Å². The molecular formula is C13H15NO4. The molecule has 0 N–H and O–H groups in total. The van der Waals surface area contributed by atoms with Crippen molar-refractivity contribution in [1.29, 1.82) is 0 Å². The average Bonchev–Trinajstić information content (AvgIpc) is 2.79. The van der Waals surface area contributed by atoms with E-state index in [2.05, 4.69) is 0 Å². The lowest BCUT2D eigenvalue weighted by Gasteiger charge is -2.23. The van der Waals surface area contributed by atoms with Crippen LogP contribution in [0, 0.1) is 0 Å². The van der Waals surface area contributed by atoms with Crippen LogP contribution in [0.2, 0.25) is 0 Å². The van der Waals surface area contributed by atoms with Gasteiger partial charge in [0, 0.05) is 18.2 Å². The van der Waals surface area contributed by atoms with E-state index in [0.717, 1.165) is 0 Å². The molecule has 5 nitrogen and oxygen atoms in total. The van der Waals surface area contributed by atoms with Gasteiger partial charge < -0.3 is 9.47 Å². The predicted molar refractivity (Wildman–Crippen MR) is 65.5 cm³/mol. The molecule has 1 amide bonds. The molecule has 1 saturated heterocycles. The zero-order valence-corrected chi connectivity index (χ0v) is 10.4. The second-order valence-corrected chi connectivity index (χ2v) is 4.04. The number of esters is 1. The van der Waals surface area contributed by atoms with Crippen molar-refractivity contribution in [3.8, 4) is 5.75 Å². The zero-order chi connectivity index (χ0) is 13.1. The molecule has 1 aromatic rings. The van der Waals surface area contributed by atoms with Gasteiger partial charge in [-0.1, -0.05) is 6.07 Å². The molecule has 2 rings (SSSR count). The Morgan fingerprint density at radius 2 is 2.17 bits per heavy atom. The van der Waals surface area contributed by atoms with Crippen molar-refractivity contribution in [2.24, 2.45) is 0 Å². The van der Waals surface area contributed by atoms with Crippen molar-refractivity contribution in [2.75, 3.05) is 19.1 Å². The second kappa shape index (κ2) is 5.08. The van der Waals surface area contributed by atoms with E-state index in [9.17, 15) is 9.59 Å². The fraction of sp³-hybridized carbons (Fsp3) is 0.385. The summed E-state index contributed by atoms with van der Waals surface area (Å²) in [7, 11) is 2.89. The van der Waals surface area contributed by atoms with Gasteiger partial charge in [-0.2, -0.15) is 0 Å². The number of methoxy groups -OCH3 is 2. The third-order valence-corrected chi connectivity index (χ3v) is 3.02. The smallest absolute Gasteiger partial charge is 0.328 e. The highest BCUT2D eigenvalue weighted by Crippen LogP contribution is 2.29. The van der Waals surface area contributed by atoms with E-state index in [1.807, 2.05) is 0 Å². The van der Waals surface area contributed by atoms with Crippen LogP contribution in [0.4, 0.5) is 5.69 Å². The monoisotopic (exact) mass is 249 g/mol. The number of carbonyl (C=O) groups is 2. The van der Waals surface area contributed by atoms with Crippen LogP contribution in [0.15, 0.2) is 24.3 Å². The first-order valence-electron chi connectivity index (χ1n) is 5.71. The van der Waals surface area contributed by atoms with Crippen LogP contribution in [-0.4, -0.2) is 32.1 Å². The molecule has 1 aliphatic heterocycles. The predicted octanol–water partition coefficient (Wildman–Crippen LogP) is 1.36. The Hall–Kier alpha value is -2.04. The highest BCUT2D eigenvalue weighted by molar-refractivity contribution is 6.02. The van der Waals surface area contributed by atoms with E-state index < -0.39 is 6.04 Å². The number of hydrogen-bond donors (Lipinski definition) is 0. The Labute approximate surface area is 105 Å². The molecule has 1 aromatic carbocycles. The molecule has 0 bridgehead atoms. The van der Waals surface area contributed by atoms with Gasteiger partial charge in [-0.05, 0) is 18.6 Å². The first-order valence-corrected chi connectivity index (χ1v) is 5.71. The number of carbonyl (C=O) groups excluding carboxylic acids is 2. The summed E-state index contributed by atoms with van der Waals surface area (Å²) in [6.45, 7) is 0. The Bertz CT molecular complexity index is 472. The minimum Gasteiger partial charge on any atom is -0.497 e. The Kier molecular flexibility index (Phi) is 3.50. The number of rotatable bonds is 3. The lowest BCUT2D eigenvalue weighted by Crippen LogP contribution is -2.39. The molecule has 5 heteroatoms. The van der Waals surface area contributed by atoms with Crippen LogP contribution in [-0.2, 0) is 14.3 Å². The molecule has 18 heavy (non-hydrogen) atoms. The topological polar surface area (TPSA) is 55.8 Å². The minimum absolute atomic E-state index is 0.0707. The maximum atomic E-state index is 11.9. The van der Waals surface area contributed by atoms with Gasteiger partial charge in [0.15, 0.2) is 0 Å². The fourth-order valence-corrected chi connectivity index (χ4v) is 2.13. The molecule has 0 saturated carbocycles. The molecule has 0 spiro atoms. The summed E-state index contributed by atoms with van der Waals surface area (Å²) >= 11 is 0. The second-order valence-electron chi connectivity index (χ2n) is 4.04. The van der Waals surface area contributed by atoms with Crippen molar-refractivity contribution in [2.45, 2.75) is 18.9 Å². The lowest BCUT2D eigenvalue weighted by molar-refractivity contribution is -0.142. The maximum Gasteiger partial charge on any atom is 0.328 e. The molecule has 1 unspecified atom stereocenters. The number of ether oxygens (including phenoxy) is 2. The first kappa shape index (κ1) is 12.4. The SMILES string of the molecule is COC(=O)C1CCC(=O)N1c1cccc(OC)c1. The normalized spacial score (nSPS) is 18.9. The molecule has 0 radical (unpaired) electrons. The molecule has 1 aliphatic rings. The third-order valence-electron chi connectivity index (χ3n) is 3.02. The number of hydrogen-bond acceptors (Lipinski definition) is 4. The van der Waals surface area contributed by atoms with Crippen LogP contribution in [0.5, 0.6) is 5.75 Å². The molecule has 1 fully saturated rings. The van der Waals surface area contributed by atoms with Crippen molar-refractivity contribution in [3.63, 3.8) is 0 Å². The summed E-state index contributed by atoms with van der Waals surface area (Å²) in [6.07, 6.45) is 0.847. The Balaban J connectivity index is 2.33. The van der Waals surface area contributed by atoms with Gasteiger partial charge in [0.05, 0.1) is 14.2 Å². The summed E-state index contributed by atoms with van der Waals surface area (Å²) in [6, 6.07) is 6.56. The van der Waals surface area contributed by atoms with Crippen LogP contribution >= 0.6 is 0 Å². The number of benzene rings is 1. The zero-order valence-electron chi connectivity index (χ0n) is 10.4. The number of anilines is 1. The van der Waals surface area contributed by atoms with Gasteiger partial charge in [0.25, 0.3) is 0 Å². The van der Waals surface area contributed by atoms with Crippen molar-refractivity contribution in [3.05, 3.63) is 24.3 Å². The average molecular weight is 249 g/mol. The van der Waals surface area contributed by atoms with Crippen LogP contribution in [0.1, 0.15) is 12.8 Å². The van der Waals surface area contributed by atoms with E-state index in [0.29, 0.717) is 24.3 Å². The van der Waals surface area contributed by atoms with Gasteiger partial charge in [0.2, 0.25) is 5.91 Å². The highest BCUT2D eigenvalue weighted by atomic mass is 16.5. The lowest BCUT2D eigenvalue weighted by atomic mass is 10.2. The van der Waals surface area contributed by atoms with Gasteiger partial charge in [-0.25, -0.2) is 4.79 Å². The third kappa shape index (κ3) is 2.16. The molecule has 1 heterocycles. The Morgan fingerprint density at radius 3 is 2.83 bits per heavy atom. The Morgan fingerprint density at radius 1 is 1.39 bits per heavy atom. The van der Waals surface area contributed by atoms with E-state index in [1.165, 1.54) is 12.0 Å².